The van der Waals surface area contributed by atoms with E-state index in [0.717, 1.165) is 17.2 Å². The SMILES string of the molecule is N#Cc1cc2ccnc(OCC3CCC(=O)N3)c2cc1OCCOCCCl. The molecule has 1 aliphatic heterocycles. The van der Waals surface area contributed by atoms with Gasteiger partial charge in [0.2, 0.25) is 11.8 Å². The normalized spacial score (nSPS) is 16.1. The van der Waals surface area contributed by atoms with E-state index in [-0.39, 0.29) is 11.9 Å². The van der Waals surface area contributed by atoms with E-state index < -0.39 is 0 Å². The lowest BCUT2D eigenvalue weighted by atomic mass is 10.1. The number of alkyl halides is 1. The minimum Gasteiger partial charge on any atom is -0.490 e. The van der Waals surface area contributed by atoms with Crippen LogP contribution in [0.5, 0.6) is 11.6 Å². The largest absolute Gasteiger partial charge is 0.490 e. The second-order valence-corrected chi connectivity index (χ2v) is 6.44. The summed E-state index contributed by atoms with van der Waals surface area (Å²) in [6, 6.07) is 7.45. The molecule has 1 aliphatic rings. The number of pyridine rings is 1. The lowest BCUT2D eigenvalue weighted by Crippen LogP contribution is -2.31. The fraction of sp³-hybridized carbons (Fsp3) is 0.421. The zero-order chi connectivity index (χ0) is 19.1. The Hall–Kier alpha value is -2.56. The lowest BCUT2D eigenvalue weighted by Gasteiger charge is -2.14. The number of carbonyl (C=O) groups is 1. The number of carbonyl (C=O) groups excluding carboxylic acids is 1. The van der Waals surface area contributed by atoms with Gasteiger partial charge in [0.05, 0.1) is 24.8 Å². The van der Waals surface area contributed by atoms with Crippen molar-refractivity contribution in [2.45, 2.75) is 18.9 Å². The molecule has 142 valence electrons. The molecule has 1 aromatic carbocycles. The van der Waals surface area contributed by atoms with E-state index in [2.05, 4.69) is 16.4 Å². The third-order valence-corrected chi connectivity index (χ3v) is 4.32. The molecule has 1 N–H and O–H groups in total. The van der Waals surface area contributed by atoms with Crippen LogP contribution in [0.25, 0.3) is 10.8 Å². The van der Waals surface area contributed by atoms with Crippen molar-refractivity contribution in [3.8, 4) is 17.7 Å². The van der Waals surface area contributed by atoms with Gasteiger partial charge in [-0.05, 0) is 30.0 Å². The summed E-state index contributed by atoms with van der Waals surface area (Å²) in [6.45, 7) is 1.49. The van der Waals surface area contributed by atoms with E-state index in [4.69, 9.17) is 25.8 Å². The van der Waals surface area contributed by atoms with Gasteiger partial charge in [-0.3, -0.25) is 4.79 Å². The zero-order valence-corrected chi connectivity index (χ0v) is 15.5. The zero-order valence-electron chi connectivity index (χ0n) is 14.7. The second kappa shape index (κ2) is 9.40. The number of nitriles is 1. The molecule has 0 aliphatic carbocycles. The highest BCUT2D eigenvalue weighted by Crippen LogP contribution is 2.30. The molecule has 1 saturated heterocycles. The molecule has 0 bridgehead atoms. The van der Waals surface area contributed by atoms with Crippen LogP contribution in [0, 0.1) is 11.3 Å². The number of benzene rings is 1. The Morgan fingerprint density at radius 2 is 2.19 bits per heavy atom. The molecule has 1 unspecified atom stereocenters. The fourth-order valence-corrected chi connectivity index (χ4v) is 2.95. The molecule has 1 atom stereocenters. The molecular formula is C19H20ClN3O4. The van der Waals surface area contributed by atoms with Crippen molar-refractivity contribution in [3.63, 3.8) is 0 Å². The van der Waals surface area contributed by atoms with E-state index in [0.29, 0.717) is 55.9 Å². The Bertz CT molecular complexity index is 853. The van der Waals surface area contributed by atoms with E-state index in [1.54, 1.807) is 18.3 Å². The average molecular weight is 390 g/mol. The van der Waals surface area contributed by atoms with E-state index >= 15 is 0 Å². The van der Waals surface area contributed by atoms with Crippen LogP contribution in [-0.4, -0.2) is 49.2 Å². The number of nitrogens with one attached hydrogen (secondary N) is 1. The maximum atomic E-state index is 11.3. The predicted molar refractivity (Wildman–Crippen MR) is 100 cm³/mol. The van der Waals surface area contributed by atoms with Gasteiger partial charge in [0.15, 0.2) is 0 Å². The number of ether oxygens (including phenoxy) is 3. The number of fused-ring (bicyclic) bond motifs is 1. The first-order valence-electron chi connectivity index (χ1n) is 8.73. The van der Waals surface area contributed by atoms with Crippen molar-refractivity contribution in [1.82, 2.24) is 10.3 Å². The average Bonchev–Trinajstić information content (AvgIpc) is 3.10. The number of hydrogen-bond acceptors (Lipinski definition) is 6. The summed E-state index contributed by atoms with van der Waals surface area (Å²) < 4.78 is 16.8. The van der Waals surface area contributed by atoms with Gasteiger partial charge in [-0.25, -0.2) is 4.98 Å². The van der Waals surface area contributed by atoms with E-state index in [1.165, 1.54) is 0 Å². The predicted octanol–water partition coefficient (Wildman–Crippen LogP) is 2.40. The third-order valence-electron chi connectivity index (χ3n) is 4.16. The molecule has 1 fully saturated rings. The second-order valence-electron chi connectivity index (χ2n) is 6.06. The molecular weight excluding hydrogens is 370 g/mol. The topological polar surface area (TPSA) is 93.5 Å². The Kier molecular flexibility index (Phi) is 6.69. The quantitative estimate of drug-likeness (QED) is 0.523. The van der Waals surface area contributed by atoms with Crippen LogP contribution in [0.3, 0.4) is 0 Å². The third kappa shape index (κ3) is 5.00. The van der Waals surface area contributed by atoms with Crippen LogP contribution in [0.2, 0.25) is 0 Å². The number of amides is 1. The summed E-state index contributed by atoms with van der Waals surface area (Å²) in [7, 11) is 0. The molecule has 2 heterocycles. The van der Waals surface area contributed by atoms with Crippen molar-refractivity contribution in [2.24, 2.45) is 0 Å². The van der Waals surface area contributed by atoms with Gasteiger partial charge >= 0.3 is 0 Å². The molecule has 8 heteroatoms. The number of aromatic nitrogens is 1. The Labute approximate surface area is 162 Å². The highest BCUT2D eigenvalue weighted by Gasteiger charge is 2.21. The van der Waals surface area contributed by atoms with Crippen LogP contribution in [0.4, 0.5) is 0 Å². The molecule has 0 spiro atoms. The van der Waals surface area contributed by atoms with Gasteiger partial charge in [-0.15, -0.1) is 11.6 Å². The first-order chi connectivity index (χ1) is 13.2. The summed E-state index contributed by atoms with van der Waals surface area (Å²) in [5, 5.41) is 13.8. The first-order valence-corrected chi connectivity index (χ1v) is 9.26. The Balaban J connectivity index is 1.75. The first kappa shape index (κ1) is 19.2. The maximum Gasteiger partial charge on any atom is 0.221 e. The van der Waals surface area contributed by atoms with Gasteiger partial charge in [0.1, 0.15) is 25.0 Å². The number of nitrogens with zero attached hydrogens (tertiary/aromatic N) is 2. The molecule has 3 rings (SSSR count). The van der Waals surface area contributed by atoms with Gasteiger partial charge in [0.25, 0.3) is 0 Å². The molecule has 1 amide bonds. The Morgan fingerprint density at radius 3 is 2.93 bits per heavy atom. The van der Waals surface area contributed by atoms with Crippen molar-refractivity contribution in [3.05, 3.63) is 30.0 Å². The Morgan fingerprint density at radius 1 is 1.30 bits per heavy atom. The van der Waals surface area contributed by atoms with Crippen molar-refractivity contribution in [2.75, 3.05) is 32.3 Å². The van der Waals surface area contributed by atoms with Crippen molar-refractivity contribution in [1.29, 1.82) is 5.26 Å². The molecule has 7 nitrogen and oxygen atoms in total. The number of halogens is 1. The summed E-state index contributed by atoms with van der Waals surface area (Å²) in [6.07, 6.45) is 2.90. The maximum absolute atomic E-state index is 11.3. The van der Waals surface area contributed by atoms with Crippen LogP contribution in [0.15, 0.2) is 24.4 Å². The lowest BCUT2D eigenvalue weighted by molar-refractivity contribution is -0.119. The smallest absolute Gasteiger partial charge is 0.221 e. The molecule has 27 heavy (non-hydrogen) atoms. The van der Waals surface area contributed by atoms with Gasteiger partial charge < -0.3 is 19.5 Å². The van der Waals surface area contributed by atoms with Gasteiger partial charge in [0, 0.05) is 23.9 Å². The summed E-state index contributed by atoms with van der Waals surface area (Å²) >= 11 is 5.56. The van der Waals surface area contributed by atoms with Crippen LogP contribution < -0.4 is 14.8 Å². The van der Waals surface area contributed by atoms with Crippen LogP contribution in [0.1, 0.15) is 18.4 Å². The monoisotopic (exact) mass is 389 g/mol. The fourth-order valence-electron chi connectivity index (χ4n) is 2.85. The molecule has 2 aromatic rings. The highest BCUT2D eigenvalue weighted by atomic mass is 35.5. The van der Waals surface area contributed by atoms with Gasteiger partial charge in [-0.2, -0.15) is 5.26 Å². The van der Waals surface area contributed by atoms with Crippen LogP contribution >= 0.6 is 11.6 Å². The molecule has 0 saturated carbocycles. The minimum atomic E-state index is -0.0114. The summed E-state index contributed by atoms with van der Waals surface area (Å²) in [5.41, 5.74) is 0.431. The minimum absolute atomic E-state index is 0.0114. The molecule has 0 radical (unpaired) electrons. The molecule has 1 aromatic heterocycles. The van der Waals surface area contributed by atoms with E-state index in [9.17, 15) is 10.1 Å². The number of hydrogen-bond donors (Lipinski definition) is 1. The van der Waals surface area contributed by atoms with Gasteiger partial charge in [-0.1, -0.05) is 0 Å². The van der Waals surface area contributed by atoms with Crippen molar-refractivity contribution >= 4 is 28.3 Å². The summed E-state index contributed by atoms with van der Waals surface area (Å²) in [5.74, 6) is 1.36. The van der Waals surface area contributed by atoms with E-state index in [1.807, 2.05) is 6.07 Å². The summed E-state index contributed by atoms with van der Waals surface area (Å²) in [4.78, 5) is 15.6. The highest BCUT2D eigenvalue weighted by molar-refractivity contribution is 6.17. The van der Waals surface area contributed by atoms with Crippen molar-refractivity contribution < 1.29 is 19.0 Å². The number of rotatable bonds is 9. The van der Waals surface area contributed by atoms with Crippen LogP contribution in [-0.2, 0) is 9.53 Å². The standard InChI is InChI=1S/C19H20ClN3O4/c20-4-6-25-7-8-26-17-10-16-13(9-14(17)11-21)3-5-22-19(16)27-12-15-1-2-18(24)23-15/h3,5,9-10,15H,1-2,4,6-8,12H2,(H,23,24).